The molecule has 0 bridgehead atoms. The molecule has 0 aromatic rings. The lowest BCUT2D eigenvalue weighted by Gasteiger charge is -2.39. The molecule has 0 aromatic carbocycles. The molecule has 0 aromatic heterocycles. The summed E-state index contributed by atoms with van der Waals surface area (Å²) in [5.74, 6) is 4.68. The number of thioether (sulfide) groups is 1. The van der Waals surface area contributed by atoms with Gasteiger partial charge in [-0.25, -0.2) is 0 Å². The minimum absolute atomic E-state index is 0.466. The van der Waals surface area contributed by atoms with E-state index >= 15 is 0 Å². The van der Waals surface area contributed by atoms with E-state index in [9.17, 15) is 4.79 Å². The van der Waals surface area contributed by atoms with Crippen molar-refractivity contribution in [2.24, 2.45) is 11.8 Å². The molecule has 1 saturated heterocycles. The summed E-state index contributed by atoms with van der Waals surface area (Å²) in [7, 11) is 2.20. The quantitative estimate of drug-likeness (QED) is 0.736. The highest BCUT2D eigenvalue weighted by Gasteiger charge is 2.31. The van der Waals surface area contributed by atoms with E-state index in [-0.39, 0.29) is 0 Å². The Balaban J connectivity index is 1.85. The molecule has 0 radical (unpaired) electrons. The molecule has 1 saturated carbocycles. The van der Waals surface area contributed by atoms with Gasteiger partial charge in [-0.15, -0.1) is 0 Å². The lowest BCUT2D eigenvalue weighted by molar-refractivity contribution is -0.123. The molecule has 0 amide bonds. The first-order valence-corrected chi connectivity index (χ1v) is 7.12. The van der Waals surface area contributed by atoms with Crippen LogP contribution < -0.4 is 0 Å². The zero-order chi connectivity index (χ0) is 10.8. The van der Waals surface area contributed by atoms with Gasteiger partial charge in [0.1, 0.15) is 5.78 Å². The number of Topliss-reactive ketones (excluding diaryl/α,β-unsaturated/α-hetero) is 1. The van der Waals surface area contributed by atoms with Crippen LogP contribution in [0.5, 0.6) is 0 Å². The van der Waals surface area contributed by atoms with Crippen LogP contribution in [0, 0.1) is 11.8 Å². The zero-order valence-electron chi connectivity index (χ0n) is 9.74. The van der Waals surface area contributed by atoms with E-state index in [4.69, 9.17) is 0 Å². The number of carbonyl (C=O) groups is 1. The molecule has 3 heteroatoms. The van der Waals surface area contributed by atoms with Crippen LogP contribution in [0.25, 0.3) is 0 Å². The summed E-state index contributed by atoms with van der Waals surface area (Å²) in [6.45, 7) is 3.48. The minimum Gasteiger partial charge on any atom is -0.302 e. The van der Waals surface area contributed by atoms with Crippen molar-refractivity contribution >= 4 is 17.5 Å². The molecule has 1 aliphatic heterocycles. The molecule has 15 heavy (non-hydrogen) atoms. The molecule has 2 unspecified atom stereocenters. The zero-order valence-corrected chi connectivity index (χ0v) is 10.6. The average molecular weight is 227 g/mol. The number of nitrogens with zero attached hydrogens (tertiary/aromatic N) is 1. The van der Waals surface area contributed by atoms with Gasteiger partial charge >= 0.3 is 0 Å². The van der Waals surface area contributed by atoms with Gasteiger partial charge in [-0.1, -0.05) is 6.92 Å². The van der Waals surface area contributed by atoms with Crippen molar-refractivity contribution in [3.63, 3.8) is 0 Å². The number of rotatable bonds is 3. The van der Waals surface area contributed by atoms with E-state index in [1.54, 1.807) is 0 Å². The Morgan fingerprint density at radius 2 is 2.20 bits per heavy atom. The van der Waals surface area contributed by atoms with Crippen molar-refractivity contribution in [1.82, 2.24) is 4.90 Å². The Morgan fingerprint density at radius 1 is 1.47 bits per heavy atom. The van der Waals surface area contributed by atoms with E-state index in [1.165, 1.54) is 18.1 Å². The van der Waals surface area contributed by atoms with E-state index < -0.39 is 0 Å². The normalized spacial score (nSPS) is 33.1. The van der Waals surface area contributed by atoms with Crippen LogP contribution >= 0.6 is 11.8 Å². The third-order valence-corrected chi connectivity index (χ3v) is 5.21. The summed E-state index contributed by atoms with van der Waals surface area (Å²) in [5, 5.41) is 0. The lowest BCUT2D eigenvalue weighted by Crippen LogP contribution is -2.45. The van der Waals surface area contributed by atoms with E-state index in [1.807, 2.05) is 11.8 Å². The second-order valence-electron chi connectivity index (χ2n) is 5.17. The van der Waals surface area contributed by atoms with Crippen LogP contribution in [0.4, 0.5) is 0 Å². The van der Waals surface area contributed by atoms with Crippen LogP contribution in [-0.4, -0.2) is 41.8 Å². The Morgan fingerprint density at radius 3 is 2.80 bits per heavy atom. The molecule has 2 atom stereocenters. The van der Waals surface area contributed by atoms with Gasteiger partial charge < -0.3 is 4.90 Å². The molecule has 2 nitrogen and oxygen atoms in total. The first-order valence-electron chi connectivity index (χ1n) is 5.96. The van der Waals surface area contributed by atoms with E-state index in [0.29, 0.717) is 17.7 Å². The fraction of sp³-hybridized carbons (Fsp3) is 0.917. The number of ketones is 1. The summed E-state index contributed by atoms with van der Waals surface area (Å²) in [5.41, 5.74) is 0. The summed E-state index contributed by atoms with van der Waals surface area (Å²) >= 11 is 2.04. The number of carbonyl (C=O) groups excluding carboxylic acids is 1. The fourth-order valence-electron chi connectivity index (χ4n) is 2.64. The summed E-state index contributed by atoms with van der Waals surface area (Å²) in [6.07, 6.45) is 2.69. The number of hydrogen-bond acceptors (Lipinski definition) is 3. The van der Waals surface area contributed by atoms with E-state index in [2.05, 4.69) is 18.9 Å². The van der Waals surface area contributed by atoms with Gasteiger partial charge in [-0.2, -0.15) is 11.8 Å². The molecular formula is C12H21NOS. The molecule has 0 N–H and O–H groups in total. The second-order valence-corrected chi connectivity index (χ2v) is 6.24. The van der Waals surface area contributed by atoms with Crippen molar-refractivity contribution in [3.8, 4) is 0 Å². The third kappa shape index (κ3) is 2.76. The summed E-state index contributed by atoms with van der Waals surface area (Å²) in [4.78, 5) is 13.9. The molecule has 1 heterocycles. The van der Waals surface area contributed by atoms with Crippen LogP contribution in [0.1, 0.15) is 26.2 Å². The topological polar surface area (TPSA) is 20.3 Å². The van der Waals surface area contributed by atoms with Crippen LogP contribution in [0.3, 0.4) is 0 Å². The molecule has 2 fully saturated rings. The van der Waals surface area contributed by atoms with Crippen molar-refractivity contribution in [2.75, 3.05) is 25.1 Å². The van der Waals surface area contributed by atoms with Gasteiger partial charge in [0, 0.05) is 25.4 Å². The first kappa shape index (κ1) is 11.5. The van der Waals surface area contributed by atoms with Gasteiger partial charge in [-0.3, -0.25) is 4.79 Å². The van der Waals surface area contributed by atoms with Gasteiger partial charge in [0.05, 0.1) is 0 Å². The monoisotopic (exact) mass is 227 g/mol. The van der Waals surface area contributed by atoms with Crippen molar-refractivity contribution in [1.29, 1.82) is 0 Å². The predicted molar refractivity (Wildman–Crippen MR) is 65.3 cm³/mol. The second kappa shape index (κ2) is 4.88. The van der Waals surface area contributed by atoms with Crippen LogP contribution in [-0.2, 0) is 4.79 Å². The maximum atomic E-state index is 11.5. The Bertz CT molecular complexity index is 240. The standard InChI is InChI=1S/C12H21NOS/c1-9-3-4-11(14)5-12(9)13(2)6-10-7-15-8-10/h9-10,12H,3-8H2,1-2H3. The van der Waals surface area contributed by atoms with Gasteiger partial charge in [-0.05, 0) is 36.8 Å². The molecule has 2 aliphatic rings. The smallest absolute Gasteiger partial charge is 0.134 e. The summed E-state index contributed by atoms with van der Waals surface area (Å²) in [6, 6.07) is 0.511. The maximum absolute atomic E-state index is 11.5. The SMILES string of the molecule is CC1CCC(=O)CC1N(C)CC1CSC1. The van der Waals surface area contributed by atoms with Crippen molar-refractivity contribution in [3.05, 3.63) is 0 Å². The Kier molecular flexibility index (Phi) is 3.73. The van der Waals surface area contributed by atoms with Crippen LogP contribution in [0.15, 0.2) is 0 Å². The Hall–Kier alpha value is -0.0200. The maximum Gasteiger partial charge on any atom is 0.134 e. The van der Waals surface area contributed by atoms with Crippen LogP contribution in [0.2, 0.25) is 0 Å². The lowest BCUT2D eigenvalue weighted by atomic mass is 9.84. The van der Waals surface area contributed by atoms with Gasteiger partial charge in [0.15, 0.2) is 0 Å². The molecule has 0 spiro atoms. The highest BCUT2D eigenvalue weighted by atomic mass is 32.2. The summed E-state index contributed by atoms with van der Waals surface area (Å²) < 4.78 is 0. The molecule has 86 valence electrons. The van der Waals surface area contributed by atoms with E-state index in [0.717, 1.165) is 25.2 Å². The number of hydrogen-bond donors (Lipinski definition) is 0. The predicted octanol–water partition coefficient (Wildman–Crippen LogP) is 2.04. The Labute approximate surface area is 96.8 Å². The van der Waals surface area contributed by atoms with Gasteiger partial charge in [0.2, 0.25) is 0 Å². The fourth-order valence-corrected chi connectivity index (χ4v) is 3.42. The van der Waals surface area contributed by atoms with Gasteiger partial charge in [0.25, 0.3) is 0 Å². The molecule has 1 aliphatic carbocycles. The van der Waals surface area contributed by atoms with Crippen molar-refractivity contribution < 1.29 is 4.79 Å². The minimum atomic E-state index is 0.466. The molecule has 2 rings (SSSR count). The van der Waals surface area contributed by atoms with Crippen molar-refractivity contribution in [2.45, 2.75) is 32.2 Å². The highest BCUT2D eigenvalue weighted by Crippen LogP contribution is 2.29. The highest BCUT2D eigenvalue weighted by molar-refractivity contribution is 8.00. The molecular weight excluding hydrogens is 206 g/mol. The third-order valence-electron chi connectivity index (χ3n) is 3.79. The first-order chi connectivity index (χ1) is 7.16. The average Bonchev–Trinajstić information content (AvgIpc) is 2.15. The largest absolute Gasteiger partial charge is 0.302 e.